The maximum atomic E-state index is 4.45. The van der Waals surface area contributed by atoms with E-state index in [1.54, 1.807) is 0 Å². The van der Waals surface area contributed by atoms with E-state index in [4.69, 9.17) is 0 Å². The summed E-state index contributed by atoms with van der Waals surface area (Å²) < 4.78 is 0. The third-order valence-electron chi connectivity index (χ3n) is 3.02. The topological polar surface area (TPSA) is 0 Å². The SMILES string of the molecule is CC(S)CSC(C)CSc1cccc(SCC(C)SCC(C)S)c1. The molecule has 0 saturated carbocycles. The molecule has 0 aliphatic heterocycles. The van der Waals surface area contributed by atoms with Crippen molar-refractivity contribution in [3.8, 4) is 0 Å². The van der Waals surface area contributed by atoms with E-state index in [0.717, 1.165) is 23.0 Å². The quantitative estimate of drug-likeness (QED) is 0.273. The summed E-state index contributed by atoms with van der Waals surface area (Å²) in [5.74, 6) is 4.57. The molecule has 1 rings (SSSR count). The number of thiol groups is 2. The van der Waals surface area contributed by atoms with Gasteiger partial charge in [-0.2, -0.15) is 48.8 Å². The molecule has 138 valence electrons. The molecule has 4 atom stereocenters. The Hall–Kier alpha value is 1.32. The van der Waals surface area contributed by atoms with E-state index in [9.17, 15) is 0 Å². The van der Waals surface area contributed by atoms with Crippen molar-refractivity contribution in [1.82, 2.24) is 0 Å². The van der Waals surface area contributed by atoms with Crippen LogP contribution < -0.4 is 0 Å². The smallest absolute Gasteiger partial charge is 0.0113 e. The molecule has 0 aromatic heterocycles. The molecule has 0 aliphatic rings. The molecule has 1 aromatic rings. The van der Waals surface area contributed by atoms with Gasteiger partial charge >= 0.3 is 0 Å². The van der Waals surface area contributed by atoms with Gasteiger partial charge in [0, 0.05) is 53.8 Å². The van der Waals surface area contributed by atoms with E-state index in [-0.39, 0.29) is 0 Å². The van der Waals surface area contributed by atoms with Crippen molar-refractivity contribution in [2.75, 3.05) is 23.0 Å². The van der Waals surface area contributed by atoms with Gasteiger partial charge in [-0.15, -0.1) is 23.5 Å². The molecule has 24 heavy (non-hydrogen) atoms. The van der Waals surface area contributed by atoms with E-state index in [0.29, 0.717) is 21.0 Å². The highest BCUT2D eigenvalue weighted by Gasteiger charge is 2.08. The molecule has 0 bridgehead atoms. The van der Waals surface area contributed by atoms with Gasteiger partial charge < -0.3 is 0 Å². The van der Waals surface area contributed by atoms with Gasteiger partial charge in [0.15, 0.2) is 0 Å². The van der Waals surface area contributed by atoms with Crippen LogP contribution in [0, 0.1) is 0 Å². The lowest BCUT2D eigenvalue weighted by atomic mass is 10.4. The number of hydrogen-bond acceptors (Lipinski definition) is 6. The summed E-state index contributed by atoms with van der Waals surface area (Å²) in [6.07, 6.45) is 0. The molecular weight excluding hydrogens is 409 g/mol. The molecule has 0 saturated heterocycles. The summed E-state index contributed by atoms with van der Waals surface area (Å²) in [6, 6.07) is 8.99. The lowest BCUT2D eigenvalue weighted by molar-refractivity contribution is 1.09. The first-order chi connectivity index (χ1) is 11.4. The molecular formula is C18H30S6. The van der Waals surface area contributed by atoms with Crippen LogP contribution in [-0.4, -0.2) is 44.0 Å². The molecule has 0 aliphatic carbocycles. The molecule has 6 heteroatoms. The van der Waals surface area contributed by atoms with Crippen LogP contribution in [0.5, 0.6) is 0 Å². The monoisotopic (exact) mass is 438 g/mol. The van der Waals surface area contributed by atoms with Crippen molar-refractivity contribution in [2.24, 2.45) is 0 Å². The maximum Gasteiger partial charge on any atom is 0.0113 e. The summed E-state index contributed by atoms with van der Waals surface area (Å²) in [4.78, 5) is 2.77. The largest absolute Gasteiger partial charge is 0.175 e. The fourth-order valence-electron chi connectivity index (χ4n) is 1.78. The van der Waals surface area contributed by atoms with Crippen LogP contribution in [-0.2, 0) is 0 Å². The third kappa shape index (κ3) is 11.8. The highest BCUT2D eigenvalue weighted by molar-refractivity contribution is 8.04. The zero-order valence-corrected chi connectivity index (χ0v) is 20.0. The van der Waals surface area contributed by atoms with E-state index in [1.807, 2.05) is 47.0 Å². The van der Waals surface area contributed by atoms with E-state index >= 15 is 0 Å². The summed E-state index contributed by atoms with van der Waals surface area (Å²) in [6.45, 7) is 8.95. The van der Waals surface area contributed by atoms with Crippen LogP contribution in [0.15, 0.2) is 34.1 Å². The molecule has 0 radical (unpaired) electrons. The van der Waals surface area contributed by atoms with E-state index < -0.39 is 0 Å². The predicted octanol–water partition coefficient (Wildman–Crippen LogP) is 6.75. The summed E-state index contributed by atoms with van der Waals surface area (Å²) in [7, 11) is 0. The van der Waals surface area contributed by atoms with Crippen LogP contribution >= 0.6 is 72.3 Å². The molecule has 0 amide bonds. The number of benzene rings is 1. The predicted molar refractivity (Wildman–Crippen MR) is 129 cm³/mol. The average Bonchev–Trinajstić information content (AvgIpc) is 2.54. The zero-order valence-electron chi connectivity index (χ0n) is 15.0. The van der Waals surface area contributed by atoms with Crippen LogP contribution in [0.3, 0.4) is 0 Å². The minimum absolute atomic E-state index is 0.479. The average molecular weight is 439 g/mol. The molecule has 0 N–H and O–H groups in total. The Labute approximate surface area is 177 Å². The van der Waals surface area contributed by atoms with Gasteiger partial charge in [0.25, 0.3) is 0 Å². The molecule has 0 spiro atoms. The van der Waals surface area contributed by atoms with Crippen LogP contribution in [0.1, 0.15) is 27.7 Å². The second-order valence-electron chi connectivity index (χ2n) is 6.08. The van der Waals surface area contributed by atoms with Gasteiger partial charge in [0.1, 0.15) is 0 Å². The Morgan fingerprint density at radius 1 is 0.750 bits per heavy atom. The second kappa shape index (κ2) is 13.5. The van der Waals surface area contributed by atoms with E-state index in [1.165, 1.54) is 9.79 Å². The van der Waals surface area contributed by atoms with Gasteiger partial charge in [0.05, 0.1) is 0 Å². The van der Waals surface area contributed by atoms with Gasteiger partial charge in [0.2, 0.25) is 0 Å². The lowest BCUT2D eigenvalue weighted by Gasteiger charge is -2.14. The molecule has 4 unspecified atom stereocenters. The highest BCUT2D eigenvalue weighted by Crippen LogP contribution is 2.29. The summed E-state index contributed by atoms with van der Waals surface area (Å²) in [5, 5.41) is 2.29. The molecule has 1 aromatic carbocycles. The second-order valence-corrected chi connectivity index (χ2v) is 13.0. The van der Waals surface area contributed by atoms with Crippen molar-refractivity contribution in [1.29, 1.82) is 0 Å². The normalized spacial score (nSPS) is 16.6. The minimum atomic E-state index is 0.479. The molecule has 0 heterocycles. The van der Waals surface area contributed by atoms with Crippen LogP contribution in [0.4, 0.5) is 0 Å². The Morgan fingerprint density at radius 3 is 1.54 bits per heavy atom. The first-order valence-electron chi connectivity index (χ1n) is 8.31. The Kier molecular flexibility index (Phi) is 13.1. The van der Waals surface area contributed by atoms with Crippen molar-refractivity contribution in [3.05, 3.63) is 24.3 Å². The fraction of sp³-hybridized carbons (Fsp3) is 0.667. The maximum absolute atomic E-state index is 4.45. The standard InChI is InChI=1S/C18H30S6/c1-13(19)9-21-15(3)11-23-17-6-5-7-18(8-17)24-12-16(4)22-10-14(2)20/h5-8,13-16,19-20H,9-12H2,1-4H3. The van der Waals surface area contributed by atoms with Crippen molar-refractivity contribution < 1.29 is 0 Å². The Balaban J connectivity index is 2.35. The van der Waals surface area contributed by atoms with Crippen molar-refractivity contribution >= 4 is 72.3 Å². The Bertz CT molecular complexity index is 412. The van der Waals surface area contributed by atoms with Gasteiger partial charge in [-0.25, -0.2) is 0 Å². The summed E-state index contributed by atoms with van der Waals surface area (Å²) in [5.41, 5.74) is 0. The minimum Gasteiger partial charge on any atom is -0.175 e. The molecule has 0 nitrogen and oxygen atoms in total. The lowest BCUT2D eigenvalue weighted by Crippen LogP contribution is -2.05. The van der Waals surface area contributed by atoms with Crippen molar-refractivity contribution in [2.45, 2.75) is 58.5 Å². The summed E-state index contributed by atoms with van der Waals surface area (Å²) >= 11 is 16.9. The van der Waals surface area contributed by atoms with Crippen LogP contribution in [0.2, 0.25) is 0 Å². The Morgan fingerprint density at radius 2 is 1.17 bits per heavy atom. The zero-order chi connectivity index (χ0) is 17.9. The van der Waals surface area contributed by atoms with Gasteiger partial charge in [-0.3, -0.25) is 0 Å². The van der Waals surface area contributed by atoms with Gasteiger partial charge in [-0.1, -0.05) is 33.8 Å². The van der Waals surface area contributed by atoms with Crippen molar-refractivity contribution in [3.63, 3.8) is 0 Å². The first-order valence-corrected chi connectivity index (χ1v) is 13.4. The van der Waals surface area contributed by atoms with E-state index in [2.05, 4.69) is 77.2 Å². The first kappa shape index (κ1) is 23.4. The van der Waals surface area contributed by atoms with Crippen LogP contribution in [0.25, 0.3) is 0 Å². The third-order valence-corrected chi connectivity index (χ3v) is 9.66. The highest BCUT2D eigenvalue weighted by atomic mass is 32.2. The van der Waals surface area contributed by atoms with Gasteiger partial charge in [-0.05, 0) is 18.2 Å². The number of hydrogen-bond donors (Lipinski definition) is 2. The number of thioether (sulfide) groups is 4. The number of rotatable bonds is 12. The molecule has 0 fully saturated rings. The fourth-order valence-corrected chi connectivity index (χ4v) is 6.39.